The molecule has 1 aliphatic rings. The van der Waals surface area contributed by atoms with Crippen molar-refractivity contribution in [2.75, 3.05) is 30.0 Å². The second-order valence-electron chi connectivity index (χ2n) is 7.09. The largest absolute Gasteiger partial charge is 0.490 e. The Balaban J connectivity index is 1.65. The van der Waals surface area contributed by atoms with E-state index < -0.39 is 0 Å². The standard InChI is InChI=1S/C23H29N3O3S/c1-4-28-20-12-11-17(14-21(20)29-5-2)16(3)24-23(30)25-18-8-6-9-19(15-18)26-13-7-10-22(26)27/h6,8-9,11-12,14-16H,4-5,7,10,13H2,1-3H3,(H2,24,25,30)/t16-/m0/s1. The Kier molecular flexibility index (Phi) is 7.52. The third-order valence-corrected chi connectivity index (χ3v) is 5.12. The molecule has 0 saturated carbocycles. The number of nitrogens with one attached hydrogen (secondary N) is 2. The summed E-state index contributed by atoms with van der Waals surface area (Å²) in [6.07, 6.45) is 1.51. The number of carbonyl (C=O) groups excluding carboxylic acids is 1. The molecule has 2 aromatic carbocycles. The Bertz CT molecular complexity index is 903. The van der Waals surface area contributed by atoms with Crippen molar-refractivity contribution in [1.29, 1.82) is 0 Å². The van der Waals surface area contributed by atoms with E-state index in [0.29, 0.717) is 24.7 Å². The van der Waals surface area contributed by atoms with E-state index in [1.807, 2.05) is 68.1 Å². The Morgan fingerprint density at radius 1 is 1.13 bits per heavy atom. The molecule has 0 unspecified atom stereocenters. The number of amides is 1. The highest BCUT2D eigenvalue weighted by Gasteiger charge is 2.21. The Morgan fingerprint density at radius 2 is 1.90 bits per heavy atom. The predicted octanol–water partition coefficient (Wildman–Crippen LogP) is 4.66. The van der Waals surface area contributed by atoms with E-state index in [2.05, 4.69) is 10.6 Å². The Labute approximate surface area is 183 Å². The molecule has 3 rings (SSSR count). The van der Waals surface area contributed by atoms with Gasteiger partial charge in [0, 0.05) is 24.3 Å². The van der Waals surface area contributed by atoms with Gasteiger partial charge in [-0.1, -0.05) is 12.1 Å². The van der Waals surface area contributed by atoms with Crippen LogP contribution in [0.5, 0.6) is 11.5 Å². The zero-order valence-corrected chi connectivity index (χ0v) is 18.6. The lowest BCUT2D eigenvalue weighted by atomic mass is 10.1. The Morgan fingerprint density at radius 3 is 2.60 bits per heavy atom. The molecule has 2 aromatic rings. The molecular formula is C23H29N3O3S. The molecule has 160 valence electrons. The van der Waals surface area contributed by atoms with E-state index in [-0.39, 0.29) is 11.9 Å². The summed E-state index contributed by atoms with van der Waals surface area (Å²) < 4.78 is 11.4. The van der Waals surface area contributed by atoms with Crippen LogP contribution >= 0.6 is 12.2 Å². The highest BCUT2D eigenvalue weighted by Crippen LogP contribution is 2.31. The number of hydrogen-bond acceptors (Lipinski definition) is 4. The SMILES string of the molecule is CCOc1ccc([C@H](C)NC(=S)Nc2cccc(N3CCCC3=O)c2)cc1OCC. The van der Waals surface area contributed by atoms with Gasteiger partial charge in [-0.05, 0) is 75.3 Å². The van der Waals surface area contributed by atoms with Crippen molar-refractivity contribution >= 4 is 34.6 Å². The molecule has 1 amide bonds. The van der Waals surface area contributed by atoms with E-state index in [1.54, 1.807) is 0 Å². The number of rotatable bonds is 8. The lowest BCUT2D eigenvalue weighted by Gasteiger charge is -2.20. The smallest absolute Gasteiger partial charge is 0.227 e. The fourth-order valence-electron chi connectivity index (χ4n) is 3.46. The van der Waals surface area contributed by atoms with E-state index >= 15 is 0 Å². The van der Waals surface area contributed by atoms with Gasteiger partial charge in [0.25, 0.3) is 0 Å². The molecule has 0 radical (unpaired) electrons. The summed E-state index contributed by atoms with van der Waals surface area (Å²) in [5, 5.41) is 7.04. The van der Waals surface area contributed by atoms with Crippen LogP contribution in [-0.2, 0) is 4.79 Å². The first-order chi connectivity index (χ1) is 14.5. The van der Waals surface area contributed by atoms with Gasteiger partial charge in [0.05, 0.1) is 19.3 Å². The first-order valence-electron chi connectivity index (χ1n) is 10.4. The second kappa shape index (κ2) is 10.3. The van der Waals surface area contributed by atoms with Gasteiger partial charge in [-0.15, -0.1) is 0 Å². The molecule has 6 nitrogen and oxygen atoms in total. The minimum Gasteiger partial charge on any atom is -0.490 e. The van der Waals surface area contributed by atoms with Crippen molar-refractivity contribution < 1.29 is 14.3 Å². The van der Waals surface area contributed by atoms with Crippen LogP contribution in [0, 0.1) is 0 Å². The summed E-state index contributed by atoms with van der Waals surface area (Å²) in [4.78, 5) is 13.8. The number of ether oxygens (including phenoxy) is 2. The van der Waals surface area contributed by atoms with Crippen LogP contribution in [0.3, 0.4) is 0 Å². The average molecular weight is 428 g/mol. The van der Waals surface area contributed by atoms with Gasteiger partial charge < -0.3 is 25.0 Å². The number of carbonyl (C=O) groups is 1. The first kappa shape index (κ1) is 21.9. The summed E-state index contributed by atoms with van der Waals surface area (Å²) >= 11 is 5.51. The van der Waals surface area contributed by atoms with Crippen molar-refractivity contribution in [3.63, 3.8) is 0 Å². The van der Waals surface area contributed by atoms with Gasteiger partial charge >= 0.3 is 0 Å². The van der Waals surface area contributed by atoms with E-state index in [9.17, 15) is 4.79 Å². The molecule has 7 heteroatoms. The van der Waals surface area contributed by atoms with Crippen LogP contribution in [0.4, 0.5) is 11.4 Å². The maximum Gasteiger partial charge on any atom is 0.227 e. The summed E-state index contributed by atoms with van der Waals surface area (Å²) in [6, 6.07) is 13.7. The summed E-state index contributed by atoms with van der Waals surface area (Å²) in [7, 11) is 0. The molecule has 1 aliphatic heterocycles. The quantitative estimate of drug-likeness (QED) is 0.598. The van der Waals surface area contributed by atoms with Crippen molar-refractivity contribution in [1.82, 2.24) is 5.32 Å². The number of nitrogens with zero attached hydrogens (tertiary/aromatic N) is 1. The molecular weight excluding hydrogens is 398 g/mol. The summed E-state index contributed by atoms with van der Waals surface area (Å²) in [5.41, 5.74) is 2.78. The minimum atomic E-state index is -0.0248. The molecule has 1 atom stereocenters. The van der Waals surface area contributed by atoms with Gasteiger partial charge in [0.15, 0.2) is 16.6 Å². The topological polar surface area (TPSA) is 62.8 Å². The van der Waals surface area contributed by atoms with Gasteiger partial charge in [-0.25, -0.2) is 0 Å². The van der Waals surface area contributed by atoms with Gasteiger partial charge in [-0.2, -0.15) is 0 Å². The maximum absolute atomic E-state index is 12.0. The summed E-state index contributed by atoms with van der Waals surface area (Å²) in [6.45, 7) is 7.87. The summed E-state index contributed by atoms with van der Waals surface area (Å²) in [5.74, 6) is 1.64. The number of thiocarbonyl (C=S) groups is 1. The van der Waals surface area contributed by atoms with Gasteiger partial charge in [-0.3, -0.25) is 4.79 Å². The normalized spacial score (nSPS) is 14.4. The molecule has 0 spiro atoms. The minimum absolute atomic E-state index is 0.0248. The van der Waals surface area contributed by atoms with Crippen molar-refractivity contribution in [3.8, 4) is 11.5 Å². The van der Waals surface area contributed by atoms with Crippen LogP contribution < -0.4 is 25.0 Å². The van der Waals surface area contributed by atoms with Crippen LogP contribution in [0.15, 0.2) is 42.5 Å². The van der Waals surface area contributed by atoms with Crippen LogP contribution in [0.25, 0.3) is 0 Å². The van der Waals surface area contributed by atoms with Crippen molar-refractivity contribution in [2.24, 2.45) is 0 Å². The zero-order valence-electron chi connectivity index (χ0n) is 17.7. The second-order valence-corrected chi connectivity index (χ2v) is 7.50. The van der Waals surface area contributed by atoms with Gasteiger partial charge in [0.1, 0.15) is 0 Å². The lowest BCUT2D eigenvalue weighted by molar-refractivity contribution is -0.117. The van der Waals surface area contributed by atoms with Crippen LogP contribution in [0.2, 0.25) is 0 Å². The molecule has 0 aliphatic carbocycles. The predicted molar refractivity (Wildman–Crippen MR) is 125 cm³/mol. The monoisotopic (exact) mass is 427 g/mol. The fraction of sp³-hybridized carbons (Fsp3) is 0.391. The molecule has 30 heavy (non-hydrogen) atoms. The van der Waals surface area contributed by atoms with Crippen molar-refractivity contribution in [3.05, 3.63) is 48.0 Å². The van der Waals surface area contributed by atoms with E-state index in [4.69, 9.17) is 21.7 Å². The van der Waals surface area contributed by atoms with Crippen LogP contribution in [0.1, 0.15) is 45.2 Å². The van der Waals surface area contributed by atoms with Crippen LogP contribution in [-0.4, -0.2) is 30.8 Å². The molecule has 1 heterocycles. The zero-order chi connectivity index (χ0) is 21.5. The lowest BCUT2D eigenvalue weighted by Crippen LogP contribution is -2.31. The molecule has 1 saturated heterocycles. The third kappa shape index (κ3) is 5.42. The maximum atomic E-state index is 12.0. The number of hydrogen-bond donors (Lipinski definition) is 2. The highest BCUT2D eigenvalue weighted by atomic mass is 32.1. The highest BCUT2D eigenvalue weighted by molar-refractivity contribution is 7.80. The number of anilines is 2. The molecule has 1 fully saturated rings. The first-order valence-corrected chi connectivity index (χ1v) is 10.8. The molecule has 0 aromatic heterocycles. The fourth-order valence-corrected chi connectivity index (χ4v) is 3.75. The van der Waals surface area contributed by atoms with E-state index in [0.717, 1.165) is 41.4 Å². The van der Waals surface area contributed by atoms with Gasteiger partial charge in [0.2, 0.25) is 5.91 Å². The third-order valence-electron chi connectivity index (χ3n) is 4.90. The number of benzene rings is 2. The van der Waals surface area contributed by atoms with E-state index in [1.165, 1.54) is 0 Å². The average Bonchev–Trinajstić information content (AvgIpc) is 3.15. The Hall–Kier alpha value is -2.80. The van der Waals surface area contributed by atoms with Crippen molar-refractivity contribution in [2.45, 2.75) is 39.7 Å². The molecule has 2 N–H and O–H groups in total. The molecule has 0 bridgehead atoms.